The van der Waals surface area contributed by atoms with E-state index in [0.717, 1.165) is 24.0 Å². The highest BCUT2D eigenvalue weighted by molar-refractivity contribution is 6.06. The minimum absolute atomic E-state index is 0.000629. The molecule has 1 N–H and O–H groups in total. The number of methoxy groups -OCH3 is 1. The number of ether oxygens (including phenoxy) is 1. The number of carbonyl (C=O) groups excluding carboxylic acids is 4. The van der Waals surface area contributed by atoms with Crippen LogP contribution in [0.1, 0.15) is 93.5 Å². The van der Waals surface area contributed by atoms with Crippen LogP contribution < -0.4 is 10.1 Å². The summed E-state index contributed by atoms with van der Waals surface area (Å²) in [7, 11) is 1.54. The number of hydrogen-bond donors (Lipinski definition) is 1. The van der Waals surface area contributed by atoms with E-state index in [0.29, 0.717) is 36.3 Å². The summed E-state index contributed by atoms with van der Waals surface area (Å²) in [6, 6.07) is 12.6. The molecule has 0 spiro atoms. The lowest BCUT2D eigenvalue weighted by Gasteiger charge is -2.14. The quantitative estimate of drug-likeness (QED) is 0.331. The van der Waals surface area contributed by atoms with Gasteiger partial charge in [-0.25, -0.2) is 0 Å². The maximum Gasteiger partial charge on any atom is 0.259 e. The molecular formula is C30H41NO5. The van der Waals surface area contributed by atoms with Crippen LogP contribution in [0.5, 0.6) is 5.75 Å². The zero-order valence-corrected chi connectivity index (χ0v) is 22.8. The van der Waals surface area contributed by atoms with E-state index >= 15 is 0 Å². The summed E-state index contributed by atoms with van der Waals surface area (Å²) in [5.74, 6) is 0.915. The van der Waals surface area contributed by atoms with E-state index in [9.17, 15) is 19.2 Å². The number of benzene rings is 2. The fourth-order valence-electron chi connectivity index (χ4n) is 3.44. The monoisotopic (exact) mass is 495 g/mol. The Bertz CT molecular complexity index is 1040. The van der Waals surface area contributed by atoms with Crippen molar-refractivity contribution in [2.45, 2.75) is 73.6 Å². The van der Waals surface area contributed by atoms with Crippen molar-refractivity contribution >= 4 is 28.9 Å². The number of ketones is 3. The van der Waals surface area contributed by atoms with Crippen molar-refractivity contribution < 1.29 is 23.9 Å². The molecule has 2 rings (SSSR count). The van der Waals surface area contributed by atoms with Crippen molar-refractivity contribution in [3.63, 3.8) is 0 Å². The van der Waals surface area contributed by atoms with Crippen LogP contribution in [0.25, 0.3) is 0 Å². The van der Waals surface area contributed by atoms with Crippen LogP contribution in [0.3, 0.4) is 0 Å². The van der Waals surface area contributed by atoms with Gasteiger partial charge in [0.2, 0.25) is 0 Å². The van der Waals surface area contributed by atoms with E-state index in [1.54, 1.807) is 31.2 Å². The van der Waals surface area contributed by atoms with Crippen molar-refractivity contribution in [3.8, 4) is 5.75 Å². The van der Waals surface area contributed by atoms with Gasteiger partial charge in [0.25, 0.3) is 5.91 Å². The number of hydrogen-bond acceptors (Lipinski definition) is 5. The van der Waals surface area contributed by atoms with E-state index < -0.39 is 0 Å². The Morgan fingerprint density at radius 1 is 0.917 bits per heavy atom. The molecule has 0 heterocycles. The van der Waals surface area contributed by atoms with Crippen molar-refractivity contribution in [2.75, 3.05) is 12.4 Å². The Morgan fingerprint density at radius 3 is 2.14 bits per heavy atom. The molecule has 6 heteroatoms. The zero-order chi connectivity index (χ0) is 27.3. The first kappa shape index (κ1) is 30.8. The third-order valence-electron chi connectivity index (χ3n) is 6.37. The molecule has 1 amide bonds. The van der Waals surface area contributed by atoms with Gasteiger partial charge in [0.15, 0.2) is 5.78 Å². The van der Waals surface area contributed by atoms with Gasteiger partial charge >= 0.3 is 0 Å². The van der Waals surface area contributed by atoms with Crippen molar-refractivity contribution in [1.29, 1.82) is 0 Å². The van der Waals surface area contributed by atoms with Gasteiger partial charge in [-0.2, -0.15) is 0 Å². The Hall–Kier alpha value is -3.28. The van der Waals surface area contributed by atoms with Gasteiger partial charge in [-0.3, -0.25) is 19.2 Å². The molecule has 0 bridgehead atoms. The normalized spacial score (nSPS) is 12.0. The molecule has 0 radical (unpaired) electrons. The largest absolute Gasteiger partial charge is 0.496 e. The topological polar surface area (TPSA) is 89.5 Å². The van der Waals surface area contributed by atoms with Crippen molar-refractivity contribution in [2.24, 2.45) is 11.8 Å². The SMILES string of the molecule is CCC(=O)CCC(C)C(C)=O.CCc1cc(NC(=O)c2ccccc2OC)ccc1C(=O)C(C)CC. The predicted octanol–water partition coefficient (Wildman–Crippen LogP) is 6.71. The first-order valence-corrected chi connectivity index (χ1v) is 12.7. The predicted molar refractivity (Wildman–Crippen MR) is 145 cm³/mol. The molecule has 6 nitrogen and oxygen atoms in total. The summed E-state index contributed by atoms with van der Waals surface area (Å²) in [5.41, 5.74) is 2.84. The molecule has 0 aliphatic carbocycles. The number of aryl methyl sites for hydroxylation is 1. The second-order valence-corrected chi connectivity index (χ2v) is 9.00. The molecule has 36 heavy (non-hydrogen) atoms. The maximum absolute atomic E-state index is 12.5. The molecule has 0 saturated carbocycles. The van der Waals surface area contributed by atoms with Crippen molar-refractivity contribution in [3.05, 3.63) is 59.2 Å². The summed E-state index contributed by atoms with van der Waals surface area (Å²) in [6.45, 7) is 11.2. The molecule has 2 aromatic rings. The summed E-state index contributed by atoms with van der Waals surface area (Å²) >= 11 is 0. The number of rotatable bonds is 12. The molecule has 196 valence electrons. The molecule has 0 saturated heterocycles. The Balaban J connectivity index is 0.000000497. The highest BCUT2D eigenvalue weighted by atomic mass is 16.5. The van der Waals surface area contributed by atoms with E-state index in [1.807, 2.05) is 52.8 Å². The minimum atomic E-state index is -0.236. The molecule has 0 aromatic heterocycles. The van der Waals surface area contributed by atoms with Crippen LogP contribution in [-0.2, 0) is 16.0 Å². The summed E-state index contributed by atoms with van der Waals surface area (Å²) in [4.78, 5) is 46.6. The number of amides is 1. The average Bonchev–Trinajstić information content (AvgIpc) is 2.90. The Kier molecular flexibility index (Phi) is 13.4. The van der Waals surface area contributed by atoms with Crippen molar-refractivity contribution in [1.82, 2.24) is 0 Å². The number of Topliss-reactive ketones (excluding diaryl/α,β-unsaturated/α-hetero) is 3. The van der Waals surface area contributed by atoms with Gasteiger partial charge in [0.1, 0.15) is 17.3 Å². The third kappa shape index (κ3) is 9.40. The number of carbonyl (C=O) groups is 4. The number of para-hydroxylation sites is 1. The van der Waals surface area contributed by atoms with Crippen LogP contribution >= 0.6 is 0 Å². The van der Waals surface area contributed by atoms with Gasteiger partial charge in [-0.1, -0.05) is 46.8 Å². The summed E-state index contributed by atoms with van der Waals surface area (Å²) in [5, 5.41) is 2.89. The third-order valence-corrected chi connectivity index (χ3v) is 6.37. The van der Waals surface area contributed by atoms with Gasteiger partial charge in [0, 0.05) is 35.9 Å². The highest BCUT2D eigenvalue weighted by Crippen LogP contribution is 2.23. The molecule has 0 aliphatic rings. The minimum Gasteiger partial charge on any atom is -0.496 e. The Morgan fingerprint density at radius 2 is 1.58 bits per heavy atom. The van der Waals surface area contributed by atoms with Crippen LogP contribution in [0.2, 0.25) is 0 Å². The molecule has 2 unspecified atom stereocenters. The van der Waals surface area contributed by atoms with Crippen LogP contribution in [0.15, 0.2) is 42.5 Å². The fourth-order valence-corrected chi connectivity index (χ4v) is 3.44. The van der Waals surface area contributed by atoms with Gasteiger partial charge in [-0.05, 0) is 62.1 Å². The van der Waals surface area contributed by atoms with Gasteiger partial charge in [-0.15, -0.1) is 0 Å². The zero-order valence-electron chi connectivity index (χ0n) is 22.8. The van der Waals surface area contributed by atoms with Crippen LogP contribution in [0, 0.1) is 11.8 Å². The van der Waals surface area contributed by atoms with Crippen LogP contribution in [0.4, 0.5) is 5.69 Å². The van der Waals surface area contributed by atoms with E-state index in [-0.39, 0.29) is 35.1 Å². The first-order valence-electron chi connectivity index (χ1n) is 12.7. The lowest BCUT2D eigenvalue weighted by Crippen LogP contribution is -2.15. The van der Waals surface area contributed by atoms with E-state index in [4.69, 9.17) is 4.74 Å². The first-order chi connectivity index (χ1) is 17.1. The van der Waals surface area contributed by atoms with Gasteiger partial charge < -0.3 is 10.1 Å². The smallest absolute Gasteiger partial charge is 0.259 e. The molecule has 2 atom stereocenters. The fraction of sp³-hybridized carbons (Fsp3) is 0.467. The maximum atomic E-state index is 12.5. The lowest BCUT2D eigenvalue weighted by atomic mass is 9.92. The van der Waals surface area contributed by atoms with Crippen LogP contribution in [-0.4, -0.2) is 30.4 Å². The van der Waals surface area contributed by atoms with Gasteiger partial charge in [0.05, 0.1) is 12.7 Å². The summed E-state index contributed by atoms with van der Waals surface area (Å²) in [6.07, 6.45) is 3.40. The number of anilines is 1. The average molecular weight is 496 g/mol. The van der Waals surface area contributed by atoms with E-state index in [2.05, 4.69) is 5.32 Å². The second kappa shape index (κ2) is 15.7. The number of nitrogens with one attached hydrogen (secondary N) is 1. The second-order valence-electron chi connectivity index (χ2n) is 9.00. The Labute approximate surface area is 215 Å². The lowest BCUT2D eigenvalue weighted by molar-refractivity contribution is -0.121. The molecule has 0 aliphatic heterocycles. The molecule has 2 aromatic carbocycles. The van der Waals surface area contributed by atoms with E-state index in [1.165, 1.54) is 7.11 Å². The highest BCUT2D eigenvalue weighted by Gasteiger charge is 2.18. The molecule has 0 fully saturated rings. The summed E-state index contributed by atoms with van der Waals surface area (Å²) < 4.78 is 5.23. The standard InChI is InChI=1S/C21H25NO3.C9H16O2/c1-5-14(3)20(23)17-12-11-16(13-15(17)6-2)22-21(24)18-9-7-8-10-19(18)25-4;1-4-9(11)6-5-7(2)8(3)10/h7-14H,5-6H2,1-4H3,(H,22,24);7H,4-6H2,1-3H3. The molecular weight excluding hydrogens is 454 g/mol.